The van der Waals surface area contributed by atoms with E-state index in [-0.39, 0.29) is 11.8 Å². The molecule has 0 aliphatic carbocycles. The first-order valence-electron chi connectivity index (χ1n) is 9.96. The van der Waals surface area contributed by atoms with Crippen molar-refractivity contribution < 1.29 is 19.0 Å². The predicted molar refractivity (Wildman–Crippen MR) is 112 cm³/mol. The van der Waals surface area contributed by atoms with Crippen molar-refractivity contribution in [2.75, 3.05) is 27.4 Å². The Kier molecular flexibility index (Phi) is 7.05. The normalized spacial score (nSPS) is 11.0. The van der Waals surface area contributed by atoms with Gasteiger partial charge in [-0.2, -0.15) is 4.52 Å². The number of hydrogen-bond acceptors (Lipinski definition) is 7. The Balaban J connectivity index is 1.73. The minimum absolute atomic E-state index is 0.0403. The highest BCUT2D eigenvalue weighted by atomic mass is 16.5. The summed E-state index contributed by atoms with van der Waals surface area (Å²) in [6, 6.07) is 8.94. The summed E-state index contributed by atoms with van der Waals surface area (Å²) in [6.07, 6.45) is 1.65. The van der Waals surface area contributed by atoms with Crippen LogP contribution in [-0.4, -0.2) is 53.1 Å². The van der Waals surface area contributed by atoms with Gasteiger partial charge in [0.25, 0.3) is 0 Å². The van der Waals surface area contributed by atoms with Gasteiger partial charge in [-0.05, 0) is 31.0 Å². The lowest BCUT2D eigenvalue weighted by molar-refractivity contribution is -0.125. The summed E-state index contributed by atoms with van der Waals surface area (Å²) in [6.45, 7) is 4.75. The van der Waals surface area contributed by atoms with E-state index in [1.54, 1.807) is 36.9 Å². The van der Waals surface area contributed by atoms with E-state index in [4.69, 9.17) is 14.2 Å². The van der Waals surface area contributed by atoms with Gasteiger partial charge in [-0.15, -0.1) is 15.3 Å². The molecule has 0 saturated heterocycles. The van der Waals surface area contributed by atoms with Gasteiger partial charge in [-0.1, -0.05) is 13.8 Å². The lowest BCUT2D eigenvalue weighted by Gasteiger charge is -2.13. The van der Waals surface area contributed by atoms with Crippen molar-refractivity contribution in [2.24, 2.45) is 5.92 Å². The molecule has 1 aromatic carbocycles. The molecule has 2 aromatic heterocycles. The number of rotatable bonds is 10. The third kappa shape index (κ3) is 4.61. The number of fused-ring (bicyclic) bond motifs is 1. The average Bonchev–Trinajstić information content (AvgIpc) is 3.20. The van der Waals surface area contributed by atoms with Crippen LogP contribution in [0.1, 0.15) is 26.7 Å². The molecule has 0 saturated carbocycles. The summed E-state index contributed by atoms with van der Waals surface area (Å²) >= 11 is 0. The van der Waals surface area contributed by atoms with Crippen LogP contribution < -0.4 is 19.5 Å². The van der Waals surface area contributed by atoms with E-state index >= 15 is 0 Å². The molecule has 1 amide bonds. The molecule has 0 aliphatic heterocycles. The molecule has 0 spiro atoms. The average molecular weight is 413 g/mol. The van der Waals surface area contributed by atoms with E-state index in [0.717, 1.165) is 18.4 Å². The summed E-state index contributed by atoms with van der Waals surface area (Å²) in [7, 11) is 3.18. The van der Waals surface area contributed by atoms with Gasteiger partial charge in [0.15, 0.2) is 11.5 Å². The second kappa shape index (κ2) is 9.91. The molecule has 0 unspecified atom stereocenters. The quantitative estimate of drug-likeness (QED) is 0.510. The fourth-order valence-corrected chi connectivity index (χ4v) is 3.13. The summed E-state index contributed by atoms with van der Waals surface area (Å²) in [5.74, 6) is 2.31. The summed E-state index contributed by atoms with van der Waals surface area (Å²) in [4.78, 5) is 12.0. The van der Waals surface area contributed by atoms with Crippen molar-refractivity contribution in [3.63, 3.8) is 0 Å². The number of benzene rings is 1. The molecular formula is C21H27N5O4. The van der Waals surface area contributed by atoms with Gasteiger partial charge in [0.05, 0.1) is 26.3 Å². The molecule has 0 radical (unpaired) electrons. The molecule has 3 rings (SSSR count). The van der Waals surface area contributed by atoms with Crippen molar-refractivity contribution in [1.29, 1.82) is 0 Å². The number of nitrogens with zero attached hydrogens (tertiary/aromatic N) is 4. The first-order chi connectivity index (χ1) is 14.6. The topological polar surface area (TPSA) is 99.9 Å². The molecule has 30 heavy (non-hydrogen) atoms. The monoisotopic (exact) mass is 413 g/mol. The Labute approximate surface area is 175 Å². The van der Waals surface area contributed by atoms with Crippen LogP contribution in [-0.2, 0) is 4.79 Å². The molecular weight excluding hydrogens is 386 g/mol. The molecule has 0 fully saturated rings. The Morgan fingerprint density at radius 1 is 1.10 bits per heavy atom. The van der Waals surface area contributed by atoms with Gasteiger partial charge in [-0.25, -0.2) is 0 Å². The fraction of sp³-hybridized carbons (Fsp3) is 0.429. The van der Waals surface area contributed by atoms with Crippen LogP contribution in [0.5, 0.6) is 17.4 Å². The van der Waals surface area contributed by atoms with Crippen molar-refractivity contribution in [3.05, 3.63) is 30.3 Å². The van der Waals surface area contributed by atoms with Crippen molar-refractivity contribution in [1.82, 2.24) is 25.1 Å². The molecule has 9 heteroatoms. The molecule has 2 heterocycles. The third-order valence-corrected chi connectivity index (χ3v) is 4.90. The Morgan fingerprint density at radius 3 is 2.60 bits per heavy atom. The van der Waals surface area contributed by atoms with Gasteiger partial charge in [-0.3, -0.25) is 4.79 Å². The summed E-state index contributed by atoms with van der Waals surface area (Å²) in [5, 5.41) is 15.8. The molecule has 0 bridgehead atoms. The third-order valence-electron chi connectivity index (χ3n) is 4.90. The lowest BCUT2D eigenvalue weighted by atomic mass is 10.0. The molecule has 9 nitrogen and oxygen atoms in total. The van der Waals surface area contributed by atoms with Crippen LogP contribution in [0.4, 0.5) is 0 Å². The van der Waals surface area contributed by atoms with E-state index in [0.29, 0.717) is 42.0 Å². The van der Waals surface area contributed by atoms with Crippen LogP contribution in [0.3, 0.4) is 0 Å². The Bertz CT molecular complexity index is 1000. The maximum atomic E-state index is 12.0. The smallest absolute Gasteiger partial charge is 0.231 e. The molecule has 3 aromatic rings. The SMILES string of the molecule is CCC(CC)C(=O)NCCOc1ccc2nnc(-c3ccc(OC)cc3OC)n2n1. The summed E-state index contributed by atoms with van der Waals surface area (Å²) in [5.41, 5.74) is 1.31. The number of ether oxygens (including phenoxy) is 3. The minimum Gasteiger partial charge on any atom is -0.497 e. The second-order valence-corrected chi connectivity index (χ2v) is 6.68. The molecule has 0 aliphatic rings. The highest BCUT2D eigenvalue weighted by Crippen LogP contribution is 2.32. The van der Waals surface area contributed by atoms with Crippen LogP contribution in [0.25, 0.3) is 17.0 Å². The maximum Gasteiger partial charge on any atom is 0.231 e. The van der Waals surface area contributed by atoms with E-state index in [2.05, 4.69) is 20.6 Å². The zero-order valence-corrected chi connectivity index (χ0v) is 17.7. The van der Waals surface area contributed by atoms with E-state index < -0.39 is 0 Å². The van der Waals surface area contributed by atoms with Crippen molar-refractivity contribution in [2.45, 2.75) is 26.7 Å². The zero-order valence-electron chi connectivity index (χ0n) is 17.7. The summed E-state index contributed by atoms with van der Waals surface area (Å²) < 4.78 is 18.0. The molecule has 0 atom stereocenters. The number of carbonyl (C=O) groups is 1. The van der Waals surface area contributed by atoms with Crippen LogP contribution >= 0.6 is 0 Å². The lowest BCUT2D eigenvalue weighted by Crippen LogP contribution is -2.33. The molecule has 160 valence electrons. The van der Waals surface area contributed by atoms with Crippen LogP contribution in [0.15, 0.2) is 30.3 Å². The van der Waals surface area contributed by atoms with Gasteiger partial charge in [0.2, 0.25) is 11.8 Å². The number of carbonyl (C=O) groups excluding carboxylic acids is 1. The predicted octanol–water partition coefficient (Wildman–Crippen LogP) is 2.74. The largest absolute Gasteiger partial charge is 0.497 e. The Hall–Kier alpha value is -3.36. The van der Waals surface area contributed by atoms with Gasteiger partial charge in [0, 0.05) is 18.1 Å². The van der Waals surface area contributed by atoms with Crippen molar-refractivity contribution in [3.8, 4) is 28.8 Å². The number of hydrogen-bond donors (Lipinski definition) is 1. The number of aromatic nitrogens is 4. The minimum atomic E-state index is 0.0403. The first-order valence-corrected chi connectivity index (χ1v) is 9.96. The van der Waals surface area contributed by atoms with Crippen molar-refractivity contribution >= 4 is 11.6 Å². The number of nitrogens with one attached hydrogen (secondary N) is 1. The maximum absolute atomic E-state index is 12.0. The van der Waals surface area contributed by atoms with Crippen LogP contribution in [0.2, 0.25) is 0 Å². The Morgan fingerprint density at radius 2 is 1.90 bits per heavy atom. The van der Waals surface area contributed by atoms with E-state index in [9.17, 15) is 4.79 Å². The van der Waals surface area contributed by atoms with E-state index in [1.807, 2.05) is 26.0 Å². The van der Waals surface area contributed by atoms with Crippen LogP contribution in [0, 0.1) is 5.92 Å². The zero-order chi connectivity index (χ0) is 21.5. The fourth-order valence-electron chi connectivity index (χ4n) is 3.13. The van der Waals surface area contributed by atoms with Gasteiger partial charge >= 0.3 is 0 Å². The number of methoxy groups -OCH3 is 2. The second-order valence-electron chi connectivity index (χ2n) is 6.68. The number of amides is 1. The first kappa shape index (κ1) is 21.4. The van der Waals surface area contributed by atoms with E-state index in [1.165, 1.54) is 0 Å². The highest BCUT2D eigenvalue weighted by molar-refractivity contribution is 5.78. The highest BCUT2D eigenvalue weighted by Gasteiger charge is 2.16. The standard InChI is InChI=1S/C21H27N5O4/c1-5-14(6-2)21(27)22-11-12-30-19-10-9-18-23-24-20(26(18)25-19)16-8-7-15(28-3)13-17(16)29-4/h7-10,13-14H,5-6,11-12H2,1-4H3,(H,22,27). The van der Waals surface area contributed by atoms with Gasteiger partial charge in [0.1, 0.15) is 18.1 Å². The molecule has 1 N–H and O–H groups in total. The van der Waals surface area contributed by atoms with Gasteiger partial charge < -0.3 is 19.5 Å².